The van der Waals surface area contributed by atoms with Crippen LogP contribution in [0.15, 0.2) is 22.7 Å². The molecule has 1 heterocycles. The first kappa shape index (κ1) is 15.1. The minimum atomic E-state index is 0.0405. The van der Waals surface area contributed by atoms with Crippen molar-refractivity contribution in [1.82, 2.24) is 9.97 Å². The highest BCUT2D eigenvalue weighted by Gasteiger charge is 2.15. The molecule has 0 saturated carbocycles. The van der Waals surface area contributed by atoms with E-state index in [4.69, 9.17) is 16.3 Å². The van der Waals surface area contributed by atoms with E-state index >= 15 is 0 Å². The van der Waals surface area contributed by atoms with Gasteiger partial charge in [0.25, 0.3) is 0 Å². The lowest BCUT2D eigenvalue weighted by atomic mass is 10.1. The van der Waals surface area contributed by atoms with Crippen molar-refractivity contribution in [2.75, 3.05) is 7.11 Å². The lowest BCUT2D eigenvalue weighted by molar-refractivity contribution is 0.373. The molecule has 0 spiro atoms. The Bertz CT molecular complexity index is 647. The quantitative estimate of drug-likeness (QED) is 0.827. The maximum atomic E-state index is 9.83. The maximum absolute atomic E-state index is 9.83. The highest BCUT2D eigenvalue weighted by atomic mass is 79.9. The van der Waals surface area contributed by atoms with E-state index in [9.17, 15) is 5.11 Å². The molecular weight excluding hydrogens is 344 g/mol. The van der Waals surface area contributed by atoms with Gasteiger partial charge in [0, 0.05) is 5.56 Å². The number of halogens is 2. The van der Waals surface area contributed by atoms with Crippen molar-refractivity contribution >= 4 is 27.5 Å². The summed E-state index contributed by atoms with van der Waals surface area (Å²) in [6.07, 6.45) is 0. The molecule has 0 aliphatic rings. The fourth-order valence-electron chi connectivity index (χ4n) is 1.78. The van der Waals surface area contributed by atoms with E-state index in [1.165, 1.54) is 7.11 Å². The summed E-state index contributed by atoms with van der Waals surface area (Å²) >= 11 is 9.52. The van der Waals surface area contributed by atoms with Crippen molar-refractivity contribution in [3.63, 3.8) is 0 Å². The van der Waals surface area contributed by atoms with E-state index in [0.29, 0.717) is 26.8 Å². The lowest BCUT2D eigenvalue weighted by Crippen LogP contribution is -2.00. The fraction of sp³-hybridized carbons (Fsp3) is 0.286. The molecule has 0 fully saturated rings. The molecule has 2 rings (SSSR count). The van der Waals surface area contributed by atoms with Crippen LogP contribution in [0.1, 0.15) is 25.5 Å². The minimum Gasteiger partial charge on any atom is -0.504 e. The Morgan fingerprint density at radius 2 is 2.00 bits per heavy atom. The minimum absolute atomic E-state index is 0.0405. The molecule has 0 radical (unpaired) electrons. The van der Waals surface area contributed by atoms with E-state index in [1.807, 2.05) is 13.8 Å². The third kappa shape index (κ3) is 2.88. The Labute approximate surface area is 130 Å². The molecule has 1 aromatic heterocycles. The summed E-state index contributed by atoms with van der Waals surface area (Å²) in [5.41, 5.74) is 1.51. The molecule has 0 aliphatic heterocycles. The summed E-state index contributed by atoms with van der Waals surface area (Å²) in [5, 5.41) is 10.2. The maximum Gasteiger partial charge on any atom is 0.161 e. The zero-order valence-electron chi connectivity index (χ0n) is 11.3. The van der Waals surface area contributed by atoms with Gasteiger partial charge in [-0.25, -0.2) is 9.97 Å². The number of aromatic nitrogens is 2. The molecule has 20 heavy (non-hydrogen) atoms. The molecule has 106 valence electrons. The molecule has 1 aromatic carbocycles. The van der Waals surface area contributed by atoms with Gasteiger partial charge < -0.3 is 9.84 Å². The fourth-order valence-corrected chi connectivity index (χ4v) is 2.59. The lowest BCUT2D eigenvalue weighted by Gasteiger charge is -2.11. The summed E-state index contributed by atoms with van der Waals surface area (Å²) in [6, 6.07) is 5.00. The number of phenols is 1. The van der Waals surface area contributed by atoms with Crippen LogP contribution < -0.4 is 4.74 Å². The summed E-state index contributed by atoms with van der Waals surface area (Å²) in [7, 11) is 1.50. The predicted molar refractivity (Wildman–Crippen MR) is 82.5 cm³/mol. The first-order chi connectivity index (χ1) is 9.43. The number of phenolic OH excluding ortho intramolecular Hbond substituents is 1. The summed E-state index contributed by atoms with van der Waals surface area (Å²) < 4.78 is 5.72. The Morgan fingerprint density at radius 1 is 1.30 bits per heavy atom. The van der Waals surface area contributed by atoms with Crippen LogP contribution >= 0.6 is 27.5 Å². The van der Waals surface area contributed by atoms with E-state index in [2.05, 4.69) is 25.9 Å². The topological polar surface area (TPSA) is 55.2 Å². The van der Waals surface area contributed by atoms with E-state index in [1.54, 1.807) is 18.2 Å². The van der Waals surface area contributed by atoms with Crippen LogP contribution in [-0.4, -0.2) is 22.2 Å². The predicted octanol–water partition coefficient (Wildman–Crippen LogP) is 4.40. The second kappa shape index (κ2) is 5.97. The van der Waals surface area contributed by atoms with Gasteiger partial charge in [0.05, 0.1) is 17.3 Å². The summed E-state index contributed by atoms with van der Waals surface area (Å²) in [5.74, 6) is 1.12. The summed E-state index contributed by atoms with van der Waals surface area (Å²) in [4.78, 5) is 8.74. The Kier molecular flexibility index (Phi) is 4.50. The van der Waals surface area contributed by atoms with Gasteiger partial charge in [-0.3, -0.25) is 0 Å². The molecule has 0 atom stereocenters. The van der Waals surface area contributed by atoms with Gasteiger partial charge in [-0.1, -0.05) is 25.4 Å². The number of hydrogen-bond donors (Lipinski definition) is 1. The van der Waals surface area contributed by atoms with Crippen LogP contribution in [0.4, 0.5) is 0 Å². The molecule has 1 N–H and O–H groups in total. The average Bonchev–Trinajstić information content (AvgIpc) is 2.41. The van der Waals surface area contributed by atoms with Gasteiger partial charge in [0.2, 0.25) is 0 Å². The normalized spacial score (nSPS) is 10.9. The first-order valence-electron chi connectivity index (χ1n) is 6.04. The largest absolute Gasteiger partial charge is 0.504 e. The van der Waals surface area contributed by atoms with Crippen LogP contribution in [-0.2, 0) is 0 Å². The van der Waals surface area contributed by atoms with Gasteiger partial charge >= 0.3 is 0 Å². The van der Waals surface area contributed by atoms with Crippen LogP contribution in [0.25, 0.3) is 11.4 Å². The number of methoxy groups -OCH3 is 1. The smallest absolute Gasteiger partial charge is 0.161 e. The Morgan fingerprint density at radius 3 is 2.55 bits per heavy atom. The molecule has 0 aliphatic carbocycles. The zero-order chi connectivity index (χ0) is 14.9. The van der Waals surface area contributed by atoms with Crippen molar-refractivity contribution in [3.05, 3.63) is 33.5 Å². The van der Waals surface area contributed by atoms with E-state index < -0.39 is 0 Å². The molecule has 0 bridgehead atoms. The third-order valence-corrected chi connectivity index (χ3v) is 4.10. The number of nitrogens with zero attached hydrogens (tertiary/aromatic N) is 2. The number of ether oxygens (including phenoxy) is 1. The molecule has 0 amide bonds. The van der Waals surface area contributed by atoms with Crippen molar-refractivity contribution in [2.24, 2.45) is 0 Å². The standard InChI is InChI=1S/C14H14BrClN2O2/c1-7(2)12-11(15)13(16)18-14(17-12)8-4-5-10(20-3)9(19)6-8/h4-7,19H,1-3H3. The number of benzene rings is 1. The zero-order valence-corrected chi connectivity index (χ0v) is 13.7. The second-order valence-electron chi connectivity index (χ2n) is 4.58. The van der Waals surface area contributed by atoms with E-state index in [-0.39, 0.29) is 11.7 Å². The number of aromatic hydroxyl groups is 1. The average molecular weight is 358 g/mol. The van der Waals surface area contributed by atoms with Crippen LogP contribution in [0, 0.1) is 0 Å². The highest BCUT2D eigenvalue weighted by Crippen LogP contribution is 2.34. The number of hydrogen-bond acceptors (Lipinski definition) is 4. The molecular formula is C14H14BrClN2O2. The first-order valence-corrected chi connectivity index (χ1v) is 7.21. The third-order valence-electron chi connectivity index (χ3n) is 2.82. The van der Waals surface area contributed by atoms with Gasteiger partial charge in [-0.2, -0.15) is 0 Å². The molecule has 0 unspecified atom stereocenters. The molecule has 2 aromatic rings. The van der Waals surface area contributed by atoms with Crippen molar-refractivity contribution in [3.8, 4) is 22.9 Å². The van der Waals surface area contributed by atoms with Crippen LogP contribution in [0.3, 0.4) is 0 Å². The SMILES string of the molecule is COc1ccc(-c2nc(Cl)c(Br)c(C(C)C)n2)cc1O. The van der Waals surface area contributed by atoms with Crippen molar-refractivity contribution in [2.45, 2.75) is 19.8 Å². The van der Waals surface area contributed by atoms with Gasteiger partial charge in [-0.05, 0) is 40.0 Å². The molecule has 4 nitrogen and oxygen atoms in total. The van der Waals surface area contributed by atoms with Gasteiger partial charge in [0.1, 0.15) is 5.15 Å². The number of rotatable bonds is 3. The van der Waals surface area contributed by atoms with Gasteiger partial charge in [-0.15, -0.1) is 0 Å². The highest BCUT2D eigenvalue weighted by molar-refractivity contribution is 9.10. The van der Waals surface area contributed by atoms with Gasteiger partial charge in [0.15, 0.2) is 17.3 Å². The monoisotopic (exact) mass is 356 g/mol. The Hall–Kier alpha value is -1.33. The van der Waals surface area contributed by atoms with Crippen molar-refractivity contribution < 1.29 is 9.84 Å². The Balaban J connectivity index is 2.55. The van der Waals surface area contributed by atoms with E-state index in [0.717, 1.165) is 5.69 Å². The molecule has 0 saturated heterocycles. The van der Waals surface area contributed by atoms with Crippen LogP contribution in [0.5, 0.6) is 11.5 Å². The summed E-state index contributed by atoms with van der Waals surface area (Å²) in [6.45, 7) is 4.05. The van der Waals surface area contributed by atoms with Crippen LogP contribution in [0.2, 0.25) is 5.15 Å². The van der Waals surface area contributed by atoms with Crippen molar-refractivity contribution in [1.29, 1.82) is 0 Å². The molecule has 6 heteroatoms. The second-order valence-corrected chi connectivity index (χ2v) is 5.73.